The summed E-state index contributed by atoms with van der Waals surface area (Å²) in [4.78, 5) is 11.8. The molecular formula is C16H15ClFNO3. The first-order valence-electron chi connectivity index (χ1n) is 6.56. The van der Waals surface area contributed by atoms with Gasteiger partial charge < -0.3 is 14.8 Å². The van der Waals surface area contributed by atoms with Crippen molar-refractivity contribution < 1.29 is 18.7 Å². The highest BCUT2D eigenvalue weighted by Crippen LogP contribution is 2.22. The second-order valence-electron chi connectivity index (χ2n) is 4.45. The second-order valence-corrected chi connectivity index (χ2v) is 4.89. The van der Waals surface area contributed by atoms with Crippen molar-refractivity contribution in [2.24, 2.45) is 0 Å². The van der Waals surface area contributed by atoms with E-state index in [2.05, 4.69) is 5.32 Å². The molecule has 0 radical (unpaired) electrons. The summed E-state index contributed by atoms with van der Waals surface area (Å²) in [6, 6.07) is 11.0. The van der Waals surface area contributed by atoms with Gasteiger partial charge in [-0.15, -0.1) is 0 Å². The summed E-state index contributed by atoms with van der Waals surface area (Å²) < 4.78 is 23.7. The molecule has 0 atom stereocenters. The number of hydrogen-bond acceptors (Lipinski definition) is 3. The molecule has 2 aromatic rings. The summed E-state index contributed by atoms with van der Waals surface area (Å²) in [5.41, 5.74) is 0.745. The number of nitrogens with one attached hydrogen (secondary N) is 1. The Kier molecular flexibility index (Phi) is 5.61. The van der Waals surface area contributed by atoms with E-state index >= 15 is 0 Å². The minimum absolute atomic E-state index is 0.0398. The summed E-state index contributed by atoms with van der Waals surface area (Å²) in [6.07, 6.45) is 0. The van der Waals surface area contributed by atoms with E-state index in [1.165, 1.54) is 19.2 Å². The maximum atomic E-state index is 13.3. The number of hydrogen-bond donors (Lipinski definition) is 1. The van der Waals surface area contributed by atoms with Crippen molar-refractivity contribution in [3.05, 3.63) is 58.9 Å². The lowest BCUT2D eigenvalue weighted by atomic mass is 10.2. The topological polar surface area (TPSA) is 47.6 Å². The van der Waals surface area contributed by atoms with Gasteiger partial charge >= 0.3 is 0 Å². The van der Waals surface area contributed by atoms with Crippen molar-refractivity contribution in [1.82, 2.24) is 5.32 Å². The zero-order valence-corrected chi connectivity index (χ0v) is 12.7. The Labute approximate surface area is 132 Å². The number of methoxy groups -OCH3 is 1. The third-order valence-corrected chi connectivity index (χ3v) is 3.15. The molecule has 1 amide bonds. The third kappa shape index (κ3) is 4.36. The first-order chi connectivity index (χ1) is 10.6. The van der Waals surface area contributed by atoms with Gasteiger partial charge in [0.1, 0.15) is 5.75 Å². The molecule has 2 aromatic carbocycles. The van der Waals surface area contributed by atoms with Crippen LogP contribution in [0.5, 0.6) is 11.5 Å². The summed E-state index contributed by atoms with van der Waals surface area (Å²) in [5, 5.41) is 3.21. The number of carbonyl (C=O) groups excluding carboxylic acids is 1. The molecule has 0 aliphatic carbocycles. The lowest BCUT2D eigenvalue weighted by Crippen LogP contribution is -2.28. The number of rotatable bonds is 6. The number of amides is 1. The van der Waals surface area contributed by atoms with Crippen molar-refractivity contribution in [3.8, 4) is 11.5 Å². The minimum atomic E-state index is -0.508. The fourth-order valence-corrected chi connectivity index (χ4v) is 2.03. The second kappa shape index (κ2) is 7.66. The lowest BCUT2D eigenvalue weighted by Gasteiger charge is -2.11. The number of benzene rings is 2. The number of para-hydroxylation sites is 1. The van der Waals surface area contributed by atoms with Gasteiger partial charge in [-0.1, -0.05) is 23.7 Å². The molecule has 0 fully saturated rings. The number of ether oxygens (including phenoxy) is 2. The Morgan fingerprint density at radius 3 is 2.73 bits per heavy atom. The van der Waals surface area contributed by atoms with Crippen molar-refractivity contribution >= 4 is 17.5 Å². The molecule has 0 aliphatic heterocycles. The van der Waals surface area contributed by atoms with Crippen LogP contribution in [-0.4, -0.2) is 19.6 Å². The van der Waals surface area contributed by atoms with E-state index < -0.39 is 5.82 Å². The van der Waals surface area contributed by atoms with E-state index in [-0.39, 0.29) is 24.8 Å². The van der Waals surface area contributed by atoms with E-state index in [0.717, 1.165) is 5.56 Å². The SMILES string of the molecule is COc1ccc(Cl)cc1CNC(=O)COc1ccccc1F. The molecule has 6 heteroatoms. The van der Waals surface area contributed by atoms with Gasteiger partial charge in [0, 0.05) is 17.1 Å². The molecule has 22 heavy (non-hydrogen) atoms. The zero-order valence-electron chi connectivity index (χ0n) is 11.9. The van der Waals surface area contributed by atoms with Gasteiger partial charge in [0.05, 0.1) is 7.11 Å². The van der Waals surface area contributed by atoms with Crippen molar-refractivity contribution in [2.45, 2.75) is 6.54 Å². The Morgan fingerprint density at radius 2 is 2.00 bits per heavy atom. The van der Waals surface area contributed by atoms with Crippen LogP contribution in [0.1, 0.15) is 5.56 Å². The average Bonchev–Trinajstić information content (AvgIpc) is 2.52. The summed E-state index contributed by atoms with van der Waals surface area (Å²) in [5.74, 6) is -0.213. The standard InChI is InChI=1S/C16H15ClFNO3/c1-21-14-7-6-12(17)8-11(14)9-19-16(20)10-22-15-5-3-2-4-13(15)18/h2-8H,9-10H2,1H3,(H,19,20). The fraction of sp³-hybridized carbons (Fsp3) is 0.188. The highest BCUT2D eigenvalue weighted by molar-refractivity contribution is 6.30. The predicted octanol–water partition coefficient (Wildman–Crippen LogP) is 3.18. The van der Waals surface area contributed by atoms with Crippen LogP contribution in [-0.2, 0) is 11.3 Å². The van der Waals surface area contributed by atoms with E-state index in [0.29, 0.717) is 10.8 Å². The lowest BCUT2D eigenvalue weighted by molar-refractivity contribution is -0.123. The summed E-state index contributed by atoms with van der Waals surface area (Å²) in [7, 11) is 1.54. The normalized spacial score (nSPS) is 10.1. The van der Waals surface area contributed by atoms with Gasteiger partial charge in [0.15, 0.2) is 18.2 Å². The molecule has 0 bridgehead atoms. The van der Waals surface area contributed by atoms with Crippen LogP contribution in [0.4, 0.5) is 4.39 Å². The molecule has 0 heterocycles. The van der Waals surface area contributed by atoms with Gasteiger partial charge in [-0.2, -0.15) is 0 Å². The third-order valence-electron chi connectivity index (χ3n) is 2.91. The molecule has 0 saturated heterocycles. The molecular weight excluding hydrogens is 309 g/mol. The molecule has 2 rings (SSSR count). The minimum Gasteiger partial charge on any atom is -0.496 e. The fourth-order valence-electron chi connectivity index (χ4n) is 1.84. The highest BCUT2D eigenvalue weighted by atomic mass is 35.5. The molecule has 4 nitrogen and oxygen atoms in total. The summed E-state index contributed by atoms with van der Waals surface area (Å²) in [6.45, 7) is -0.0347. The molecule has 0 aliphatic rings. The largest absolute Gasteiger partial charge is 0.496 e. The van der Waals surface area contributed by atoms with Gasteiger partial charge in [-0.05, 0) is 30.3 Å². The Morgan fingerprint density at radius 1 is 1.23 bits per heavy atom. The van der Waals surface area contributed by atoms with Crippen molar-refractivity contribution in [3.63, 3.8) is 0 Å². The van der Waals surface area contributed by atoms with Crippen LogP contribution in [0.3, 0.4) is 0 Å². The van der Waals surface area contributed by atoms with Crippen LogP contribution in [0.25, 0.3) is 0 Å². The first-order valence-corrected chi connectivity index (χ1v) is 6.94. The van der Waals surface area contributed by atoms with E-state index in [1.807, 2.05) is 0 Å². The van der Waals surface area contributed by atoms with Gasteiger partial charge in [0.25, 0.3) is 5.91 Å². The van der Waals surface area contributed by atoms with E-state index in [4.69, 9.17) is 21.1 Å². The van der Waals surface area contributed by atoms with Gasteiger partial charge in [-0.25, -0.2) is 4.39 Å². The Balaban J connectivity index is 1.88. The first kappa shape index (κ1) is 16.1. The van der Waals surface area contributed by atoms with Crippen LogP contribution in [0.15, 0.2) is 42.5 Å². The number of halogens is 2. The van der Waals surface area contributed by atoms with Crippen LogP contribution >= 0.6 is 11.6 Å². The van der Waals surface area contributed by atoms with Crippen molar-refractivity contribution in [1.29, 1.82) is 0 Å². The maximum Gasteiger partial charge on any atom is 0.258 e. The quantitative estimate of drug-likeness (QED) is 0.888. The van der Waals surface area contributed by atoms with Gasteiger partial charge in [0.2, 0.25) is 0 Å². The highest BCUT2D eigenvalue weighted by Gasteiger charge is 2.08. The molecule has 1 N–H and O–H groups in total. The number of carbonyl (C=O) groups is 1. The average molecular weight is 324 g/mol. The molecule has 116 valence electrons. The molecule has 0 unspecified atom stereocenters. The molecule has 0 saturated carbocycles. The zero-order chi connectivity index (χ0) is 15.9. The smallest absolute Gasteiger partial charge is 0.258 e. The van der Waals surface area contributed by atoms with Crippen LogP contribution in [0, 0.1) is 5.82 Å². The van der Waals surface area contributed by atoms with Crippen LogP contribution in [0.2, 0.25) is 5.02 Å². The maximum absolute atomic E-state index is 13.3. The van der Waals surface area contributed by atoms with E-state index in [1.54, 1.807) is 30.3 Å². The monoisotopic (exact) mass is 323 g/mol. The van der Waals surface area contributed by atoms with Crippen molar-refractivity contribution in [2.75, 3.05) is 13.7 Å². The van der Waals surface area contributed by atoms with Gasteiger partial charge in [-0.3, -0.25) is 4.79 Å². The predicted molar refractivity (Wildman–Crippen MR) is 81.7 cm³/mol. The van der Waals surface area contributed by atoms with Crippen LogP contribution < -0.4 is 14.8 Å². The Hall–Kier alpha value is -2.27. The summed E-state index contributed by atoms with van der Waals surface area (Å²) >= 11 is 5.91. The van der Waals surface area contributed by atoms with E-state index in [9.17, 15) is 9.18 Å². The molecule has 0 aromatic heterocycles. The molecule has 0 spiro atoms. The Bertz CT molecular complexity index is 664.